The van der Waals surface area contributed by atoms with Crippen LogP contribution in [0.15, 0.2) is 48.5 Å². The van der Waals surface area contributed by atoms with Crippen molar-refractivity contribution in [2.24, 2.45) is 0 Å². The van der Waals surface area contributed by atoms with Gasteiger partial charge in [-0.25, -0.2) is 0 Å². The van der Waals surface area contributed by atoms with E-state index in [4.69, 9.17) is 4.74 Å². The molecule has 2 aromatic rings. The number of hydrogen-bond acceptors (Lipinski definition) is 4. The monoisotopic (exact) mass is 364 g/mol. The first kappa shape index (κ1) is 19.7. The Kier molecular flexibility index (Phi) is 6.91. The van der Waals surface area contributed by atoms with Crippen LogP contribution >= 0.6 is 0 Å². The van der Waals surface area contributed by atoms with Crippen LogP contribution in [-0.2, 0) is 4.79 Å². The summed E-state index contributed by atoms with van der Waals surface area (Å²) >= 11 is 0. The van der Waals surface area contributed by atoms with Crippen LogP contribution in [0.5, 0.6) is 11.5 Å². The van der Waals surface area contributed by atoms with Crippen LogP contribution < -0.4 is 14.8 Å². The van der Waals surface area contributed by atoms with Crippen molar-refractivity contribution in [3.63, 3.8) is 0 Å². The summed E-state index contributed by atoms with van der Waals surface area (Å²) in [6.07, 6.45) is 0. The summed E-state index contributed by atoms with van der Waals surface area (Å²) in [5.41, 5.74) is 1.16. The number of ether oxygens (including phenoxy) is 2. The van der Waals surface area contributed by atoms with Crippen molar-refractivity contribution in [1.29, 1.82) is 0 Å². The lowest BCUT2D eigenvalue weighted by atomic mass is 10.1. The average molecular weight is 364 g/mol. The molecule has 7 heteroatoms. The number of alkyl halides is 2. The molecule has 1 unspecified atom stereocenters. The van der Waals surface area contributed by atoms with E-state index in [2.05, 4.69) is 10.1 Å². The van der Waals surface area contributed by atoms with E-state index in [1.807, 2.05) is 36.1 Å². The van der Waals surface area contributed by atoms with Crippen molar-refractivity contribution < 1.29 is 23.0 Å². The van der Waals surface area contributed by atoms with Gasteiger partial charge in [-0.1, -0.05) is 30.3 Å². The molecule has 140 valence electrons. The predicted octanol–water partition coefficient (Wildman–Crippen LogP) is 3.93. The van der Waals surface area contributed by atoms with Gasteiger partial charge in [-0.2, -0.15) is 8.78 Å². The maximum absolute atomic E-state index is 12.5. The first-order valence-corrected chi connectivity index (χ1v) is 8.09. The highest BCUT2D eigenvalue weighted by molar-refractivity contribution is 5.93. The Morgan fingerprint density at radius 1 is 1.12 bits per heavy atom. The molecule has 0 fully saturated rings. The maximum atomic E-state index is 12.5. The van der Waals surface area contributed by atoms with Crippen molar-refractivity contribution in [2.45, 2.75) is 19.6 Å². The fourth-order valence-electron chi connectivity index (χ4n) is 2.57. The van der Waals surface area contributed by atoms with Gasteiger partial charge in [-0.05, 0) is 32.2 Å². The number of carbonyl (C=O) groups excluding carboxylic acids is 1. The number of likely N-dealkylation sites (N-methyl/N-ethyl adjacent to an activating group) is 1. The number of anilines is 1. The second-order valence-corrected chi connectivity index (χ2v) is 5.76. The zero-order chi connectivity index (χ0) is 19.1. The molecule has 5 nitrogen and oxygen atoms in total. The van der Waals surface area contributed by atoms with Gasteiger partial charge < -0.3 is 14.8 Å². The van der Waals surface area contributed by atoms with Crippen molar-refractivity contribution in [3.8, 4) is 11.5 Å². The zero-order valence-electron chi connectivity index (χ0n) is 14.9. The third kappa shape index (κ3) is 5.16. The molecule has 0 spiro atoms. The highest BCUT2D eigenvalue weighted by Crippen LogP contribution is 2.28. The van der Waals surface area contributed by atoms with Crippen LogP contribution in [0.2, 0.25) is 0 Å². The van der Waals surface area contributed by atoms with Crippen LogP contribution in [0.3, 0.4) is 0 Å². The molecular weight excluding hydrogens is 342 g/mol. The number of carbonyl (C=O) groups is 1. The molecule has 1 atom stereocenters. The standard InChI is InChI=1S/C19H22F2N2O3/c1-13(14-8-4-6-10-16(14)25-3)23(2)12-18(24)22-15-9-5-7-11-17(15)26-19(20)21/h4-11,13,19H,12H2,1-3H3,(H,22,24). The Labute approximate surface area is 151 Å². The van der Waals surface area contributed by atoms with E-state index in [9.17, 15) is 13.6 Å². The number of nitrogens with zero attached hydrogens (tertiary/aromatic N) is 1. The minimum absolute atomic E-state index is 0.0717. The van der Waals surface area contributed by atoms with E-state index in [-0.39, 0.29) is 29.9 Å². The molecule has 1 amide bonds. The zero-order valence-corrected chi connectivity index (χ0v) is 14.9. The number of rotatable bonds is 8. The first-order chi connectivity index (χ1) is 12.4. The second-order valence-electron chi connectivity index (χ2n) is 5.76. The third-order valence-electron chi connectivity index (χ3n) is 4.02. The van der Waals surface area contributed by atoms with Gasteiger partial charge in [-0.3, -0.25) is 9.69 Å². The Hall–Kier alpha value is -2.67. The highest BCUT2D eigenvalue weighted by Gasteiger charge is 2.19. The summed E-state index contributed by atoms with van der Waals surface area (Å²) in [6, 6.07) is 13.6. The predicted molar refractivity (Wildman–Crippen MR) is 95.7 cm³/mol. The second kappa shape index (κ2) is 9.15. The summed E-state index contributed by atoms with van der Waals surface area (Å²) in [5.74, 6) is 0.332. The van der Waals surface area contributed by atoms with Crippen molar-refractivity contribution in [3.05, 3.63) is 54.1 Å². The first-order valence-electron chi connectivity index (χ1n) is 8.09. The SMILES string of the molecule is COc1ccccc1C(C)N(C)CC(=O)Nc1ccccc1OC(F)F. The lowest BCUT2D eigenvalue weighted by Gasteiger charge is -2.26. The van der Waals surface area contributed by atoms with Gasteiger partial charge in [0.15, 0.2) is 0 Å². The minimum Gasteiger partial charge on any atom is -0.496 e. The molecule has 0 aromatic heterocycles. The Balaban J connectivity index is 2.03. The molecule has 0 heterocycles. The smallest absolute Gasteiger partial charge is 0.387 e. The van der Waals surface area contributed by atoms with Crippen molar-refractivity contribution >= 4 is 11.6 Å². The summed E-state index contributed by atoms with van der Waals surface area (Å²) in [5, 5.41) is 2.61. The number of halogens is 2. The molecule has 2 aromatic carbocycles. The molecule has 2 rings (SSSR count). The highest BCUT2D eigenvalue weighted by atomic mass is 19.3. The molecule has 0 bridgehead atoms. The number of hydrogen-bond donors (Lipinski definition) is 1. The van der Waals surface area contributed by atoms with E-state index < -0.39 is 6.61 Å². The average Bonchev–Trinajstić information content (AvgIpc) is 2.62. The summed E-state index contributed by atoms with van der Waals surface area (Å²) in [6.45, 7) is -0.928. The number of amides is 1. The van der Waals surface area contributed by atoms with Gasteiger partial charge in [0.25, 0.3) is 0 Å². The lowest BCUT2D eigenvalue weighted by Crippen LogP contribution is -2.32. The molecule has 0 saturated carbocycles. The van der Waals surface area contributed by atoms with E-state index in [0.717, 1.165) is 11.3 Å². The Bertz CT molecular complexity index is 740. The largest absolute Gasteiger partial charge is 0.496 e. The van der Waals surface area contributed by atoms with Crippen molar-refractivity contribution in [1.82, 2.24) is 4.90 Å². The van der Waals surface area contributed by atoms with E-state index in [0.29, 0.717) is 0 Å². The molecule has 0 aliphatic carbocycles. The van der Waals surface area contributed by atoms with E-state index >= 15 is 0 Å². The van der Waals surface area contributed by atoms with Crippen LogP contribution in [-0.4, -0.2) is 38.1 Å². The summed E-state index contributed by atoms with van der Waals surface area (Å²) in [7, 11) is 3.40. The van der Waals surface area contributed by atoms with Crippen LogP contribution in [0.1, 0.15) is 18.5 Å². The van der Waals surface area contributed by atoms with E-state index in [1.54, 1.807) is 26.3 Å². The number of nitrogens with one attached hydrogen (secondary N) is 1. The fourth-order valence-corrected chi connectivity index (χ4v) is 2.57. The van der Waals surface area contributed by atoms with Gasteiger partial charge in [0.1, 0.15) is 11.5 Å². The maximum Gasteiger partial charge on any atom is 0.387 e. The molecular formula is C19H22F2N2O3. The number of methoxy groups -OCH3 is 1. The quantitative estimate of drug-likeness (QED) is 0.771. The van der Waals surface area contributed by atoms with Crippen molar-refractivity contribution in [2.75, 3.05) is 26.0 Å². The Morgan fingerprint density at radius 2 is 1.73 bits per heavy atom. The molecule has 1 N–H and O–H groups in total. The topological polar surface area (TPSA) is 50.8 Å². The summed E-state index contributed by atoms with van der Waals surface area (Å²) < 4.78 is 34.7. The molecule has 0 radical (unpaired) electrons. The fraction of sp³-hybridized carbons (Fsp3) is 0.316. The minimum atomic E-state index is -2.96. The number of para-hydroxylation sites is 3. The molecule has 0 aliphatic heterocycles. The van der Waals surface area contributed by atoms with Crippen LogP contribution in [0, 0.1) is 0 Å². The summed E-state index contributed by atoms with van der Waals surface area (Å²) in [4.78, 5) is 14.2. The van der Waals surface area contributed by atoms with Gasteiger partial charge in [0, 0.05) is 11.6 Å². The normalized spacial score (nSPS) is 12.1. The molecule has 0 aliphatic rings. The van der Waals surface area contributed by atoms with Gasteiger partial charge in [0.05, 0.1) is 19.3 Å². The molecule has 26 heavy (non-hydrogen) atoms. The van der Waals surface area contributed by atoms with Crippen LogP contribution in [0.25, 0.3) is 0 Å². The lowest BCUT2D eigenvalue weighted by molar-refractivity contribution is -0.117. The van der Waals surface area contributed by atoms with Gasteiger partial charge >= 0.3 is 6.61 Å². The molecule has 0 saturated heterocycles. The van der Waals surface area contributed by atoms with Gasteiger partial charge in [-0.15, -0.1) is 0 Å². The number of benzene rings is 2. The van der Waals surface area contributed by atoms with Crippen LogP contribution in [0.4, 0.5) is 14.5 Å². The Morgan fingerprint density at radius 3 is 2.38 bits per heavy atom. The van der Waals surface area contributed by atoms with E-state index in [1.165, 1.54) is 12.1 Å². The van der Waals surface area contributed by atoms with Gasteiger partial charge in [0.2, 0.25) is 5.91 Å². The third-order valence-corrected chi connectivity index (χ3v) is 4.02.